The van der Waals surface area contributed by atoms with Gasteiger partial charge in [0.1, 0.15) is 12.4 Å². The maximum atomic E-state index is 12.0. The fourth-order valence-corrected chi connectivity index (χ4v) is 3.10. The zero-order valence-corrected chi connectivity index (χ0v) is 17.4. The maximum Gasteiger partial charge on any atom is 0.269 e. The van der Waals surface area contributed by atoms with Gasteiger partial charge < -0.3 is 4.74 Å². The number of halogens is 1. The minimum absolute atomic E-state index is 0.0149. The van der Waals surface area contributed by atoms with Crippen molar-refractivity contribution in [1.29, 1.82) is 0 Å². The predicted octanol–water partition coefficient (Wildman–Crippen LogP) is 4.63. The Morgan fingerprint density at radius 2 is 1.80 bits per heavy atom. The number of nitro groups is 1. The summed E-state index contributed by atoms with van der Waals surface area (Å²) in [4.78, 5) is 22.1. The average molecular weight is 468 g/mol. The van der Waals surface area contributed by atoms with Crippen molar-refractivity contribution in [3.05, 3.63) is 104 Å². The van der Waals surface area contributed by atoms with Crippen LogP contribution in [0.4, 0.5) is 5.69 Å². The molecule has 0 aliphatic rings. The monoisotopic (exact) mass is 467 g/mol. The Kier molecular flexibility index (Phi) is 7.29. The first-order valence-corrected chi connectivity index (χ1v) is 9.82. The summed E-state index contributed by atoms with van der Waals surface area (Å²) < 4.78 is 6.58. The van der Waals surface area contributed by atoms with Crippen molar-refractivity contribution in [2.24, 2.45) is 5.10 Å². The van der Waals surface area contributed by atoms with E-state index in [2.05, 4.69) is 26.5 Å². The molecule has 1 N–H and O–H groups in total. The summed E-state index contributed by atoms with van der Waals surface area (Å²) in [5, 5.41) is 14.6. The van der Waals surface area contributed by atoms with Gasteiger partial charge in [-0.2, -0.15) is 5.10 Å². The van der Waals surface area contributed by atoms with Crippen LogP contribution >= 0.6 is 15.9 Å². The summed E-state index contributed by atoms with van der Waals surface area (Å²) in [5.41, 5.74) is 4.95. The van der Waals surface area contributed by atoms with Crippen LogP contribution in [-0.2, 0) is 17.8 Å². The van der Waals surface area contributed by atoms with Crippen LogP contribution in [0.2, 0.25) is 0 Å². The van der Waals surface area contributed by atoms with E-state index in [4.69, 9.17) is 4.74 Å². The first-order valence-electron chi connectivity index (χ1n) is 9.03. The molecule has 30 heavy (non-hydrogen) atoms. The highest BCUT2D eigenvalue weighted by Gasteiger charge is 2.07. The van der Waals surface area contributed by atoms with E-state index in [9.17, 15) is 14.9 Å². The molecule has 3 rings (SSSR count). The van der Waals surface area contributed by atoms with E-state index in [-0.39, 0.29) is 18.0 Å². The Morgan fingerprint density at radius 3 is 2.47 bits per heavy atom. The van der Waals surface area contributed by atoms with Gasteiger partial charge in [-0.05, 0) is 50.8 Å². The van der Waals surface area contributed by atoms with Crippen LogP contribution in [0.1, 0.15) is 16.7 Å². The quantitative estimate of drug-likeness (QED) is 0.296. The first-order chi connectivity index (χ1) is 14.5. The number of rotatable bonds is 8. The third-order valence-corrected chi connectivity index (χ3v) is 4.73. The minimum Gasteiger partial charge on any atom is -0.488 e. The van der Waals surface area contributed by atoms with Gasteiger partial charge >= 0.3 is 0 Å². The molecule has 0 bridgehead atoms. The SMILES string of the molecule is O=C(Cc1ccc([N+](=O)[O-])cc1)N/N=C\c1ccc(OCc2ccccc2)c(Br)c1. The second kappa shape index (κ2) is 10.3. The summed E-state index contributed by atoms with van der Waals surface area (Å²) >= 11 is 3.48. The molecular formula is C22H18BrN3O4. The lowest BCUT2D eigenvalue weighted by atomic mass is 10.1. The van der Waals surface area contributed by atoms with Crippen LogP contribution in [0.5, 0.6) is 5.75 Å². The van der Waals surface area contributed by atoms with E-state index >= 15 is 0 Å². The molecule has 0 aliphatic heterocycles. The highest BCUT2D eigenvalue weighted by Crippen LogP contribution is 2.26. The molecule has 3 aromatic rings. The number of nitrogens with one attached hydrogen (secondary N) is 1. The number of nitro benzene ring substituents is 1. The topological polar surface area (TPSA) is 93.8 Å². The van der Waals surface area contributed by atoms with Crippen molar-refractivity contribution in [3.63, 3.8) is 0 Å². The van der Waals surface area contributed by atoms with Crippen molar-refractivity contribution in [3.8, 4) is 5.75 Å². The number of amides is 1. The van der Waals surface area contributed by atoms with Crippen LogP contribution in [0.15, 0.2) is 82.4 Å². The summed E-state index contributed by atoms with van der Waals surface area (Å²) in [6, 6.07) is 21.2. The van der Waals surface area contributed by atoms with E-state index < -0.39 is 4.92 Å². The summed E-state index contributed by atoms with van der Waals surface area (Å²) in [5.74, 6) is 0.389. The van der Waals surface area contributed by atoms with E-state index in [1.165, 1.54) is 18.3 Å². The summed E-state index contributed by atoms with van der Waals surface area (Å²) in [6.45, 7) is 0.464. The highest BCUT2D eigenvalue weighted by molar-refractivity contribution is 9.10. The lowest BCUT2D eigenvalue weighted by Gasteiger charge is -2.08. The van der Waals surface area contributed by atoms with Gasteiger partial charge in [0.05, 0.1) is 22.0 Å². The molecule has 0 spiro atoms. The molecule has 0 atom stereocenters. The number of ether oxygens (including phenoxy) is 1. The molecule has 0 aromatic heterocycles. The Hall–Kier alpha value is -3.52. The van der Waals surface area contributed by atoms with Gasteiger partial charge in [-0.3, -0.25) is 14.9 Å². The Morgan fingerprint density at radius 1 is 1.07 bits per heavy atom. The minimum atomic E-state index is -0.482. The zero-order chi connectivity index (χ0) is 21.3. The molecule has 0 radical (unpaired) electrons. The van der Waals surface area contributed by atoms with Crippen LogP contribution in [-0.4, -0.2) is 17.0 Å². The second-order valence-corrected chi connectivity index (χ2v) is 7.21. The van der Waals surface area contributed by atoms with Crippen molar-refractivity contribution >= 4 is 33.7 Å². The van der Waals surface area contributed by atoms with E-state index in [1.54, 1.807) is 12.1 Å². The number of nitrogens with zero attached hydrogens (tertiary/aromatic N) is 2. The molecule has 3 aromatic carbocycles. The molecule has 8 heteroatoms. The Labute approximate surface area is 181 Å². The molecule has 7 nitrogen and oxygen atoms in total. The highest BCUT2D eigenvalue weighted by atomic mass is 79.9. The molecule has 152 valence electrons. The first kappa shape index (κ1) is 21.2. The maximum absolute atomic E-state index is 12.0. The van der Waals surface area contributed by atoms with Crippen molar-refractivity contribution < 1.29 is 14.5 Å². The lowest BCUT2D eigenvalue weighted by Crippen LogP contribution is -2.19. The van der Waals surface area contributed by atoms with Crippen LogP contribution in [0.3, 0.4) is 0 Å². The number of carbonyl (C=O) groups excluding carboxylic acids is 1. The van der Waals surface area contributed by atoms with E-state index in [0.29, 0.717) is 17.9 Å². The third kappa shape index (κ3) is 6.25. The fourth-order valence-electron chi connectivity index (χ4n) is 2.59. The van der Waals surface area contributed by atoms with Gasteiger partial charge in [0, 0.05) is 12.1 Å². The second-order valence-electron chi connectivity index (χ2n) is 6.36. The third-order valence-electron chi connectivity index (χ3n) is 4.11. The van der Waals surface area contributed by atoms with Crippen LogP contribution < -0.4 is 10.2 Å². The van der Waals surface area contributed by atoms with E-state index in [1.807, 2.05) is 48.5 Å². The lowest BCUT2D eigenvalue weighted by molar-refractivity contribution is -0.384. The molecule has 0 saturated carbocycles. The zero-order valence-electron chi connectivity index (χ0n) is 15.8. The van der Waals surface area contributed by atoms with Crippen LogP contribution in [0.25, 0.3) is 0 Å². The van der Waals surface area contributed by atoms with Gasteiger partial charge in [0.2, 0.25) is 5.91 Å². The molecule has 1 amide bonds. The van der Waals surface area contributed by atoms with Crippen molar-refractivity contribution in [2.45, 2.75) is 13.0 Å². The van der Waals surface area contributed by atoms with Crippen LogP contribution in [0, 0.1) is 10.1 Å². The van der Waals surface area contributed by atoms with Gasteiger partial charge in [0.25, 0.3) is 5.69 Å². The van der Waals surface area contributed by atoms with Gasteiger partial charge in [-0.15, -0.1) is 0 Å². The number of hydrogen-bond acceptors (Lipinski definition) is 5. The number of hydrazone groups is 1. The predicted molar refractivity (Wildman–Crippen MR) is 117 cm³/mol. The van der Waals surface area contributed by atoms with E-state index in [0.717, 1.165) is 15.6 Å². The molecule has 0 aliphatic carbocycles. The number of hydrogen-bond donors (Lipinski definition) is 1. The molecule has 0 heterocycles. The fraction of sp³-hybridized carbons (Fsp3) is 0.0909. The number of carbonyl (C=O) groups is 1. The normalized spacial score (nSPS) is 10.7. The summed E-state index contributed by atoms with van der Waals surface area (Å²) in [6.07, 6.45) is 1.60. The van der Waals surface area contributed by atoms with Crippen molar-refractivity contribution in [1.82, 2.24) is 5.43 Å². The van der Waals surface area contributed by atoms with Gasteiger partial charge in [0.15, 0.2) is 0 Å². The van der Waals surface area contributed by atoms with Gasteiger partial charge in [-0.25, -0.2) is 5.43 Å². The average Bonchev–Trinajstić information content (AvgIpc) is 2.74. The molecule has 0 fully saturated rings. The standard InChI is InChI=1S/C22H18BrN3O4/c23-20-12-18(8-11-21(20)30-15-17-4-2-1-3-5-17)14-24-25-22(27)13-16-6-9-19(10-7-16)26(28)29/h1-12,14H,13,15H2,(H,25,27)/b24-14-. The molecule has 0 unspecified atom stereocenters. The summed E-state index contributed by atoms with van der Waals surface area (Å²) in [7, 11) is 0. The van der Waals surface area contributed by atoms with Crippen molar-refractivity contribution in [2.75, 3.05) is 0 Å². The number of benzene rings is 3. The largest absolute Gasteiger partial charge is 0.488 e. The van der Waals surface area contributed by atoms with Gasteiger partial charge in [-0.1, -0.05) is 42.5 Å². The molecular weight excluding hydrogens is 450 g/mol. The molecule has 0 saturated heterocycles. The number of non-ortho nitro benzene ring substituents is 1. The smallest absolute Gasteiger partial charge is 0.269 e. The Bertz CT molecular complexity index is 1050. The Balaban J connectivity index is 1.51.